The molecule has 8 heteroatoms. The minimum atomic E-state index is -2.94. The molecule has 2 N–H and O–H groups in total. The van der Waals surface area contributed by atoms with Crippen LogP contribution < -0.4 is 10.6 Å². The summed E-state index contributed by atoms with van der Waals surface area (Å²) in [6.45, 7) is 5.60. The van der Waals surface area contributed by atoms with E-state index in [9.17, 15) is 8.42 Å². The average molecular weight is 334 g/mol. The van der Waals surface area contributed by atoms with Crippen molar-refractivity contribution in [2.24, 2.45) is 4.99 Å². The van der Waals surface area contributed by atoms with E-state index < -0.39 is 9.84 Å². The van der Waals surface area contributed by atoms with Crippen LogP contribution in [0.3, 0.4) is 0 Å². The number of guanidine groups is 1. The van der Waals surface area contributed by atoms with Crippen LogP contribution in [-0.2, 0) is 14.6 Å². The highest BCUT2D eigenvalue weighted by molar-refractivity contribution is 7.90. The number of hydrogen-bond donors (Lipinski definition) is 2. The molecule has 0 aliphatic carbocycles. The standard InChI is InChI=1S/C14H30N4O3S/c1-15-14(16-6-10-18-8-4-3-5-9-18)17-7-11-21-12-13-22(2,19)20/h3-13H2,1-2H3,(H2,15,16,17). The Morgan fingerprint density at radius 3 is 2.45 bits per heavy atom. The number of piperidine rings is 1. The van der Waals surface area contributed by atoms with E-state index in [1.807, 2.05) is 0 Å². The number of hydrogen-bond acceptors (Lipinski definition) is 5. The molecule has 0 amide bonds. The third-order valence-electron chi connectivity index (χ3n) is 3.53. The lowest BCUT2D eigenvalue weighted by atomic mass is 10.1. The Hall–Kier alpha value is -0.860. The van der Waals surface area contributed by atoms with Gasteiger partial charge in [-0.05, 0) is 25.9 Å². The second-order valence-corrected chi connectivity index (χ2v) is 7.83. The highest BCUT2D eigenvalue weighted by atomic mass is 32.2. The minimum absolute atomic E-state index is 0.0653. The van der Waals surface area contributed by atoms with Gasteiger partial charge < -0.3 is 20.3 Å². The van der Waals surface area contributed by atoms with Crippen molar-refractivity contribution in [2.45, 2.75) is 19.3 Å². The van der Waals surface area contributed by atoms with E-state index in [4.69, 9.17) is 4.74 Å². The Kier molecular flexibility index (Phi) is 9.42. The van der Waals surface area contributed by atoms with Crippen LogP contribution in [0.4, 0.5) is 0 Å². The van der Waals surface area contributed by atoms with Gasteiger partial charge in [-0.1, -0.05) is 6.42 Å². The molecule has 1 aliphatic rings. The van der Waals surface area contributed by atoms with Gasteiger partial charge in [0.05, 0.1) is 19.0 Å². The maximum atomic E-state index is 10.9. The summed E-state index contributed by atoms with van der Waals surface area (Å²) < 4.78 is 27.1. The van der Waals surface area contributed by atoms with Crippen molar-refractivity contribution < 1.29 is 13.2 Å². The molecule has 1 heterocycles. The van der Waals surface area contributed by atoms with Gasteiger partial charge in [0.2, 0.25) is 0 Å². The molecule has 0 atom stereocenters. The molecule has 1 rings (SSSR count). The van der Waals surface area contributed by atoms with Crippen LogP contribution in [-0.4, -0.2) is 84.3 Å². The zero-order chi connectivity index (χ0) is 16.3. The van der Waals surface area contributed by atoms with Crippen molar-refractivity contribution in [2.75, 3.05) is 65.0 Å². The number of ether oxygens (including phenoxy) is 1. The number of nitrogens with zero attached hydrogens (tertiary/aromatic N) is 2. The van der Waals surface area contributed by atoms with Crippen molar-refractivity contribution >= 4 is 15.8 Å². The highest BCUT2D eigenvalue weighted by Gasteiger charge is 2.09. The van der Waals surface area contributed by atoms with E-state index >= 15 is 0 Å². The largest absolute Gasteiger partial charge is 0.379 e. The first-order chi connectivity index (χ1) is 10.5. The molecule has 1 saturated heterocycles. The van der Waals surface area contributed by atoms with E-state index in [2.05, 4.69) is 20.5 Å². The zero-order valence-corrected chi connectivity index (χ0v) is 14.6. The molecule has 0 spiro atoms. The second kappa shape index (κ2) is 10.8. The number of rotatable bonds is 9. The minimum Gasteiger partial charge on any atom is -0.379 e. The van der Waals surface area contributed by atoms with Gasteiger partial charge in [-0.3, -0.25) is 4.99 Å². The lowest BCUT2D eigenvalue weighted by Gasteiger charge is -2.26. The van der Waals surface area contributed by atoms with Crippen molar-refractivity contribution in [3.63, 3.8) is 0 Å². The molecular weight excluding hydrogens is 304 g/mol. The van der Waals surface area contributed by atoms with Gasteiger partial charge in [0.25, 0.3) is 0 Å². The van der Waals surface area contributed by atoms with Gasteiger partial charge in [0.1, 0.15) is 9.84 Å². The fourth-order valence-corrected chi connectivity index (χ4v) is 2.71. The Labute approximate surface area is 134 Å². The monoisotopic (exact) mass is 334 g/mol. The summed E-state index contributed by atoms with van der Waals surface area (Å²) in [5.41, 5.74) is 0. The summed E-state index contributed by atoms with van der Waals surface area (Å²) >= 11 is 0. The Balaban J connectivity index is 2.02. The predicted molar refractivity (Wildman–Crippen MR) is 90.2 cm³/mol. The van der Waals surface area contributed by atoms with Gasteiger partial charge in [-0.25, -0.2) is 8.42 Å². The Bertz CT molecular complexity index is 420. The fraction of sp³-hybridized carbons (Fsp3) is 0.929. The smallest absolute Gasteiger partial charge is 0.191 e. The van der Waals surface area contributed by atoms with E-state index in [1.54, 1.807) is 7.05 Å². The van der Waals surface area contributed by atoms with Gasteiger partial charge in [-0.2, -0.15) is 0 Å². The maximum Gasteiger partial charge on any atom is 0.191 e. The molecule has 1 aliphatic heterocycles. The van der Waals surface area contributed by atoms with Crippen molar-refractivity contribution in [3.8, 4) is 0 Å². The molecule has 130 valence electrons. The average Bonchev–Trinajstić information content (AvgIpc) is 2.49. The van der Waals surface area contributed by atoms with E-state index in [-0.39, 0.29) is 12.4 Å². The van der Waals surface area contributed by atoms with Crippen LogP contribution >= 0.6 is 0 Å². The molecule has 0 aromatic rings. The first-order valence-electron chi connectivity index (χ1n) is 7.93. The van der Waals surface area contributed by atoms with Crippen molar-refractivity contribution in [1.29, 1.82) is 0 Å². The van der Waals surface area contributed by atoms with Crippen LogP contribution in [0.1, 0.15) is 19.3 Å². The second-order valence-electron chi connectivity index (χ2n) is 5.57. The summed E-state index contributed by atoms with van der Waals surface area (Å²) in [5.74, 6) is 0.819. The third-order valence-corrected chi connectivity index (χ3v) is 4.44. The molecule has 0 saturated carbocycles. The van der Waals surface area contributed by atoms with Crippen LogP contribution in [0, 0.1) is 0 Å². The molecule has 0 bridgehead atoms. The summed E-state index contributed by atoms with van der Waals surface area (Å²) in [4.78, 5) is 6.62. The molecule has 22 heavy (non-hydrogen) atoms. The van der Waals surface area contributed by atoms with Crippen LogP contribution in [0.15, 0.2) is 4.99 Å². The summed E-state index contributed by atoms with van der Waals surface area (Å²) in [6, 6.07) is 0. The van der Waals surface area contributed by atoms with Gasteiger partial charge in [-0.15, -0.1) is 0 Å². The first-order valence-corrected chi connectivity index (χ1v) is 9.99. The molecule has 0 unspecified atom stereocenters. The summed E-state index contributed by atoms with van der Waals surface area (Å²) in [7, 11) is -1.20. The van der Waals surface area contributed by atoms with Gasteiger partial charge in [0.15, 0.2) is 5.96 Å². The number of aliphatic imine (C=N–C) groups is 1. The van der Waals surface area contributed by atoms with E-state index in [1.165, 1.54) is 38.6 Å². The first kappa shape index (κ1) is 19.2. The third kappa shape index (κ3) is 9.97. The predicted octanol–water partition coefficient (Wildman–Crippen LogP) is -0.301. The SMILES string of the molecule is CN=C(NCCOCCS(C)(=O)=O)NCCN1CCCCC1. The molecule has 0 aromatic carbocycles. The fourth-order valence-electron chi connectivity index (χ4n) is 2.29. The van der Waals surface area contributed by atoms with Crippen LogP contribution in [0.5, 0.6) is 0 Å². The molecular formula is C14H30N4O3S. The molecule has 0 aromatic heterocycles. The van der Waals surface area contributed by atoms with Crippen LogP contribution in [0.2, 0.25) is 0 Å². The lowest BCUT2D eigenvalue weighted by Crippen LogP contribution is -2.43. The Morgan fingerprint density at radius 1 is 1.14 bits per heavy atom. The quantitative estimate of drug-likeness (QED) is 0.342. The van der Waals surface area contributed by atoms with E-state index in [0.717, 1.165) is 19.0 Å². The van der Waals surface area contributed by atoms with Gasteiger partial charge >= 0.3 is 0 Å². The molecule has 1 fully saturated rings. The summed E-state index contributed by atoms with van der Waals surface area (Å²) in [5, 5.41) is 6.43. The molecule has 7 nitrogen and oxygen atoms in total. The summed E-state index contributed by atoms with van der Waals surface area (Å²) in [6.07, 6.45) is 5.17. The number of nitrogens with one attached hydrogen (secondary N) is 2. The van der Waals surface area contributed by atoms with Crippen molar-refractivity contribution in [1.82, 2.24) is 15.5 Å². The number of likely N-dealkylation sites (tertiary alicyclic amines) is 1. The van der Waals surface area contributed by atoms with Crippen LogP contribution in [0.25, 0.3) is 0 Å². The number of sulfone groups is 1. The highest BCUT2D eigenvalue weighted by Crippen LogP contribution is 2.07. The topological polar surface area (TPSA) is 83.0 Å². The maximum absolute atomic E-state index is 10.9. The molecule has 0 radical (unpaired) electrons. The normalized spacial score (nSPS) is 17.5. The zero-order valence-electron chi connectivity index (χ0n) is 13.8. The van der Waals surface area contributed by atoms with E-state index in [0.29, 0.717) is 13.2 Å². The lowest BCUT2D eigenvalue weighted by molar-refractivity contribution is 0.154. The Morgan fingerprint density at radius 2 is 1.82 bits per heavy atom. The van der Waals surface area contributed by atoms with Gasteiger partial charge in [0, 0.05) is 32.9 Å². The van der Waals surface area contributed by atoms with Crippen molar-refractivity contribution in [3.05, 3.63) is 0 Å².